The summed E-state index contributed by atoms with van der Waals surface area (Å²) in [6.45, 7) is 3.34. The summed E-state index contributed by atoms with van der Waals surface area (Å²) in [5, 5.41) is 2.93. The van der Waals surface area contributed by atoms with Crippen LogP contribution in [0.15, 0.2) is 23.1 Å². The van der Waals surface area contributed by atoms with E-state index >= 15 is 0 Å². The maximum absolute atomic E-state index is 14.0. The van der Waals surface area contributed by atoms with Crippen molar-refractivity contribution in [1.82, 2.24) is 9.62 Å². The SMILES string of the molecule is CCC1COCCN1S(=O)(=O)c1cc(CNC)ccc1F. The van der Waals surface area contributed by atoms with Crippen molar-refractivity contribution in [3.05, 3.63) is 29.6 Å². The molecule has 0 aromatic heterocycles. The van der Waals surface area contributed by atoms with E-state index in [0.717, 1.165) is 5.56 Å². The largest absolute Gasteiger partial charge is 0.378 e. The van der Waals surface area contributed by atoms with Crippen molar-refractivity contribution in [2.24, 2.45) is 0 Å². The van der Waals surface area contributed by atoms with Gasteiger partial charge in [0.1, 0.15) is 10.7 Å². The van der Waals surface area contributed by atoms with Crippen molar-refractivity contribution in [2.45, 2.75) is 30.8 Å². The second kappa shape index (κ2) is 6.83. The predicted octanol–water partition coefficient (Wildman–Crippen LogP) is 1.34. The Hall–Kier alpha value is -1.02. The highest BCUT2D eigenvalue weighted by atomic mass is 32.2. The van der Waals surface area contributed by atoms with Gasteiger partial charge in [0.2, 0.25) is 10.0 Å². The van der Waals surface area contributed by atoms with Gasteiger partial charge < -0.3 is 10.1 Å². The van der Waals surface area contributed by atoms with E-state index in [1.807, 2.05) is 6.92 Å². The lowest BCUT2D eigenvalue weighted by Crippen LogP contribution is -2.48. The predicted molar refractivity (Wildman–Crippen MR) is 78.0 cm³/mol. The van der Waals surface area contributed by atoms with Crippen LogP contribution in [0.3, 0.4) is 0 Å². The molecule has 1 atom stereocenters. The molecule has 1 saturated heterocycles. The number of ether oxygens (including phenoxy) is 1. The van der Waals surface area contributed by atoms with E-state index in [1.54, 1.807) is 13.1 Å². The Kier molecular flexibility index (Phi) is 5.32. The molecule has 1 aliphatic heterocycles. The maximum Gasteiger partial charge on any atom is 0.246 e. The molecule has 1 N–H and O–H groups in total. The molecule has 5 nitrogen and oxygen atoms in total. The third kappa shape index (κ3) is 3.42. The molecular weight excluding hydrogens is 295 g/mol. The van der Waals surface area contributed by atoms with Gasteiger partial charge in [0.15, 0.2) is 0 Å². The van der Waals surface area contributed by atoms with E-state index in [9.17, 15) is 12.8 Å². The highest BCUT2D eigenvalue weighted by molar-refractivity contribution is 7.89. The number of morpholine rings is 1. The molecule has 0 radical (unpaired) electrons. The molecule has 0 aliphatic carbocycles. The number of benzene rings is 1. The number of nitrogens with zero attached hydrogens (tertiary/aromatic N) is 1. The molecule has 0 amide bonds. The van der Waals surface area contributed by atoms with Gasteiger partial charge in [-0.2, -0.15) is 4.31 Å². The van der Waals surface area contributed by atoms with Crippen LogP contribution in [0.4, 0.5) is 4.39 Å². The van der Waals surface area contributed by atoms with Crippen molar-refractivity contribution in [3.8, 4) is 0 Å². The first-order valence-electron chi connectivity index (χ1n) is 7.03. The zero-order chi connectivity index (χ0) is 15.5. The summed E-state index contributed by atoms with van der Waals surface area (Å²) < 4.78 is 46.2. The average Bonchev–Trinajstić information content (AvgIpc) is 2.49. The fourth-order valence-corrected chi connectivity index (χ4v) is 4.25. The molecule has 0 spiro atoms. The molecule has 1 fully saturated rings. The van der Waals surface area contributed by atoms with Crippen LogP contribution in [0.25, 0.3) is 0 Å². The molecule has 7 heteroatoms. The van der Waals surface area contributed by atoms with Gasteiger partial charge in [-0.1, -0.05) is 13.0 Å². The molecular formula is C14H21FN2O3S. The van der Waals surface area contributed by atoms with Crippen LogP contribution < -0.4 is 5.32 Å². The Morgan fingerprint density at radius 2 is 2.24 bits per heavy atom. The second-order valence-corrected chi connectivity index (χ2v) is 6.91. The summed E-state index contributed by atoms with van der Waals surface area (Å²) in [7, 11) is -2.09. The van der Waals surface area contributed by atoms with Crippen LogP contribution in [-0.2, 0) is 21.3 Å². The zero-order valence-corrected chi connectivity index (χ0v) is 13.1. The average molecular weight is 316 g/mol. The highest BCUT2D eigenvalue weighted by Gasteiger charge is 2.34. The summed E-state index contributed by atoms with van der Waals surface area (Å²) in [6.07, 6.45) is 0.636. The second-order valence-electron chi connectivity index (χ2n) is 5.05. The smallest absolute Gasteiger partial charge is 0.246 e. The lowest BCUT2D eigenvalue weighted by molar-refractivity contribution is 0.0313. The van der Waals surface area contributed by atoms with Crippen molar-refractivity contribution in [1.29, 1.82) is 0 Å². The van der Waals surface area contributed by atoms with E-state index in [-0.39, 0.29) is 17.5 Å². The van der Waals surface area contributed by atoms with Gasteiger partial charge in [0.25, 0.3) is 0 Å². The molecule has 1 aliphatic rings. The molecule has 0 saturated carbocycles. The summed E-state index contributed by atoms with van der Waals surface area (Å²) >= 11 is 0. The van der Waals surface area contributed by atoms with Gasteiger partial charge in [0.05, 0.1) is 13.2 Å². The van der Waals surface area contributed by atoms with Gasteiger partial charge in [0, 0.05) is 19.1 Å². The number of hydrogen-bond acceptors (Lipinski definition) is 4. The number of halogens is 1. The third-order valence-corrected chi connectivity index (χ3v) is 5.57. The van der Waals surface area contributed by atoms with E-state index in [4.69, 9.17) is 4.74 Å². The lowest BCUT2D eigenvalue weighted by atomic mass is 10.2. The Morgan fingerprint density at radius 1 is 1.48 bits per heavy atom. The molecule has 1 heterocycles. The fourth-order valence-electron chi connectivity index (χ4n) is 2.46. The molecule has 1 aromatic carbocycles. The van der Waals surface area contributed by atoms with Gasteiger partial charge in [-0.05, 0) is 31.2 Å². The summed E-state index contributed by atoms with van der Waals surface area (Å²) in [6, 6.07) is 3.96. The number of nitrogens with one attached hydrogen (secondary N) is 1. The Labute approximate surface area is 125 Å². The van der Waals surface area contributed by atoms with Gasteiger partial charge in [-0.3, -0.25) is 0 Å². The number of rotatable bonds is 5. The first-order valence-corrected chi connectivity index (χ1v) is 8.47. The molecule has 21 heavy (non-hydrogen) atoms. The van der Waals surface area contributed by atoms with Crippen molar-refractivity contribution in [2.75, 3.05) is 26.8 Å². The Morgan fingerprint density at radius 3 is 2.90 bits per heavy atom. The van der Waals surface area contributed by atoms with Gasteiger partial charge >= 0.3 is 0 Å². The highest BCUT2D eigenvalue weighted by Crippen LogP contribution is 2.25. The maximum atomic E-state index is 14.0. The van der Waals surface area contributed by atoms with Crippen LogP contribution in [-0.4, -0.2) is 45.6 Å². The van der Waals surface area contributed by atoms with E-state index in [2.05, 4.69) is 5.32 Å². The quantitative estimate of drug-likeness (QED) is 0.891. The van der Waals surface area contributed by atoms with Crippen LogP contribution in [0.5, 0.6) is 0 Å². The molecule has 0 bridgehead atoms. The van der Waals surface area contributed by atoms with Gasteiger partial charge in [-0.25, -0.2) is 12.8 Å². The fraction of sp³-hybridized carbons (Fsp3) is 0.571. The minimum absolute atomic E-state index is 0.240. The number of sulfonamides is 1. The monoisotopic (exact) mass is 316 g/mol. The van der Waals surface area contributed by atoms with E-state index in [1.165, 1.54) is 16.4 Å². The Bertz CT molecular complexity index is 592. The minimum Gasteiger partial charge on any atom is -0.378 e. The van der Waals surface area contributed by atoms with Gasteiger partial charge in [-0.15, -0.1) is 0 Å². The molecule has 1 aromatic rings. The van der Waals surface area contributed by atoms with Crippen LogP contribution in [0.1, 0.15) is 18.9 Å². The summed E-state index contributed by atoms with van der Waals surface area (Å²) in [4.78, 5) is -0.254. The van der Waals surface area contributed by atoms with Crippen molar-refractivity contribution in [3.63, 3.8) is 0 Å². The third-order valence-electron chi connectivity index (χ3n) is 3.61. The Balaban J connectivity index is 2.40. The molecule has 1 unspecified atom stereocenters. The normalized spacial score (nSPS) is 20.6. The van der Waals surface area contributed by atoms with Crippen LogP contribution >= 0.6 is 0 Å². The first kappa shape index (κ1) is 16.4. The van der Waals surface area contributed by atoms with Crippen LogP contribution in [0, 0.1) is 5.82 Å². The zero-order valence-electron chi connectivity index (χ0n) is 12.3. The lowest BCUT2D eigenvalue weighted by Gasteiger charge is -2.34. The standard InChI is InChI=1S/C14H21FN2O3S/c1-3-12-10-20-7-6-17(12)21(18,19)14-8-11(9-16-2)4-5-13(14)15/h4-5,8,12,16H,3,6-7,9-10H2,1-2H3. The van der Waals surface area contributed by atoms with E-state index in [0.29, 0.717) is 26.2 Å². The minimum atomic E-state index is -3.84. The first-order chi connectivity index (χ1) is 10.0. The molecule has 2 rings (SSSR count). The summed E-state index contributed by atoms with van der Waals surface area (Å²) in [5.41, 5.74) is 0.735. The van der Waals surface area contributed by atoms with Crippen molar-refractivity contribution < 1.29 is 17.5 Å². The van der Waals surface area contributed by atoms with Crippen LogP contribution in [0.2, 0.25) is 0 Å². The molecule has 118 valence electrons. The summed E-state index contributed by atoms with van der Waals surface area (Å²) in [5.74, 6) is -0.712. The topological polar surface area (TPSA) is 58.6 Å². The van der Waals surface area contributed by atoms with E-state index < -0.39 is 15.8 Å². The van der Waals surface area contributed by atoms with Crippen molar-refractivity contribution >= 4 is 10.0 Å². The number of hydrogen-bond donors (Lipinski definition) is 1.